The number of nitriles is 1. The van der Waals surface area contributed by atoms with Gasteiger partial charge in [0.2, 0.25) is 0 Å². The number of nitrogens with two attached hydrogens (primary N) is 2. The van der Waals surface area contributed by atoms with Crippen molar-refractivity contribution >= 4 is 28.6 Å². The number of allylic oxidation sites excluding steroid dienone is 1. The Labute approximate surface area is 123 Å². The minimum atomic E-state index is -0.0224. The highest BCUT2D eigenvalue weighted by atomic mass is 35.5. The summed E-state index contributed by atoms with van der Waals surface area (Å²) in [6.45, 7) is 0. The van der Waals surface area contributed by atoms with Crippen LogP contribution in [0.2, 0.25) is 5.02 Å². The van der Waals surface area contributed by atoms with Gasteiger partial charge in [-0.1, -0.05) is 17.7 Å². The average Bonchev–Trinajstić information content (AvgIpc) is 2.93. The number of aromatic hydroxyl groups is 1. The van der Waals surface area contributed by atoms with Crippen LogP contribution < -0.4 is 17.0 Å². The molecule has 1 heterocycles. The average molecular weight is 308 g/mol. The largest absolute Gasteiger partial charge is 0.506 e. The van der Waals surface area contributed by atoms with E-state index >= 15 is 0 Å². The highest BCUT2D eigenvalue weighted by molar-refractivity contribution is 7.13. The Hall–Kier alpha value is -2.27. The Balaban J connectivity index is 2.41. The third-order valence-electron chi connectivity index (χ3n) is 2.50. The van der Waals surface area contributed by atoms with Gasteiger partial charge in [0.15, 0.2) is 5.70 Å². The van der Waals surface area contributed by atoms with Crippen molar-refractivity contribution < 1.29 is 5.11 Å². The van der Waals surface area contributed by atoms with Gasteiger partial charge in [-0.15, -0.1) is 11.3 Å². The number of rotatable bonds is 3. The molecule has 0 aliphatic rings. The SMILES string of the molecule is N#C/C(NN)=C(/N)c1csc(-c2ccc(Cl)c(O)c2)n1. The van der Waals surface area contributed by atoms with Crippen LogP contribution in [0.25, 0.3) is 16.3 Å². The van der Waals surface area contributed by atoms with Gasteiger partial charge < -0.3 is 16.3 Å². The zero-order chi connectivity index (χ0) is 14.7. The molecule has 20 heavy (non-hydrogen) atoms. The lowest BCUT2D eigenvalue weighted by molar-refractivity contribution is 0.476. The van der Waals surface area contributed by atoms with Crippen LogP contribution in [0.15, 0.2) is 29.3 Å². The Morgan fingerprint density at radius 2 is 2.25 bits per heavy atom. The fourth-order valence-corrected chi connectivity index (χ4v) is 2.41. The Kier molecular flexibility index (Phi) is 4.10. The third-order valence-corrected chi connectivity index (χ3v) is 3.71. The van der Waals surface area contributed by atoms with Crippen LogP contribution in [-0.4, -0.2) is 10.1 Å². The molecule has 0 saturated carbocycles. The van der Waals surface area contributed by atoms with E-state index in [9.17, 15) is 5.11 Å². The standard InChI is InChI=1S/C12H10ClN5OS/c13-7-2-1-6(3-10(7)19)12-17-9(5-20-12)11(15)8(4-14)18-16/h1-3,5,18-19H,15-16H2/b11-8-. The molecular weight excluding hydrogens is 298 g/mol. The molecule has 8 heteroatoms. The first-order chi connectivity index (χ1) is 9.56. The zero-order valence-electron chi connectivity index (χ0n) is 10.1. The highest BCUT2D eigenvalue weighted by Gasteiger charge is 2.11. The van der Waals surface area contributed by atoms with Crippen molar-refractivity contribution in [2.75, 3.05) is 0 Å². The van der Waals surface area contributed by atoms with Crippen molar-refractivity contribution in [1.29, 1.82) is 5.26 Å². The summed E-state index contributed by atoms with van der Waals surface area (Å²) in [5.41, 5.74) is 9.36. The molecule has 1 aromatic heterocycles. The fraction of sp³-hybridized carbons (Fsp3) is 0. The molecule has 0 fully saturated rings. The lowest BCUT2D eigenvalue weighted by Gasteiger charge is -2.01. The van der Waals surface area contributed by atoms with Crippen molar-refractivity contribution in [1.82, 2.24) is 10.4 Å². The number of nitrogens with zero attached hydrogens (tertiary/aromatic N) is 2. The molecular formula is C12H10ClN5OS. The van der Waals surface area contributed by atoms with Gasteiger partial charge in [0.25, 0.3) is 0 Å². The van der Waals surface area contributed by atoms with Gasteiger partial charge in [-0.05, 0) is 12.1 Å². The summed E-state index contributed by atoms with van der Waals surface area (Å²) < 4.78 is 0. The van der Waals surface area contributed by atoms with Crippen molar-refractivity contribution in [3.05, 3.63) is 40.0 Å². The minimum Gasteiger partial charge on any atom is -0.506 e. The quantitative estimate of drug-likeness (QED) is 0.389. The zero-order valence-corrected chi connectivity index (χ0v) is 11.7. The number of hydrogen-bond donors (Lipinski definition) is 4. The fourth-order valence-electron chi connectivity index (χ4n) is 1.47. The summed E-state index contributed by atoms with van der Waals surface area (Å²) >= 11 is 7.08. The van der Waals surface area contributed by atoms with Crippen molar-refractivity contribution in [3.8, 4) is 22.4 Å². The molecule has 2 rings (SSSR count). The number of benzene rings is 1. The Bertz CT molecular complexity index is 719. The second kappa shape index (κ2) is 5.79. The molecule has 6 N–H and O–H groups in total. The van der Waals surface area contributed by atoms with E-state index in [0.717, 1.165) is 0 Å². The molecule has 0 spiro atoms. The van der Waals surface area contributed by atoms with Crippen LogP contribution in [0, 0.1) is 11.3 Å². The number of thiazole rings is 1. The van der Waals surface area contributed by atoms with Crippen molar-refractivity contribution in [2.24, 2.45) is 11.6 Å². The maximum Gasteiger partial charge on any atom is 0.153 e. The molecule has 0 unspecified atom stereocenters. The predicted octanol–water partition coefficient (Wildman–Crippen LogP) is 1.78. The molecule has 0 atom stereocenters. The number of phenolic OH excluding ortho intramolecular Hbond substituents is 1. The van der Waals surface area contributed by atoms with Crippen LogP contribution >= 0.6 is 22.9 Å². The maximum atomic E-state index is 9.58. The molecule has 102 valence electrons. The van der Waals surface area contributed by atoms with Crippen LogP contribution in [-0.2, 0) is 0 Å². The Morgan fingerprint density at radius 3 is 2.85 bits per heavy atom. The van der Waals surface area contributed by atoms with E-state index in [1.54, 1.807) is 17.5 Å². The number of nitrogens with one attached hydrogen (secondary N) is 1. The van der Waals surface area contributed by atoms with Gasteiger partial charge in [0.05, 0.1) is 10.7 Å². The summed E-state index contributed by atoms with van der Waals surface area (Å²) in [5.74, 6) is 5.17. The lowest BCUT2D eigenvalue weighted by atomic mass is 10.2. The normalized spacial score (nSPS) is 11.7. The van der Waals surface area contributed by atoms with Crippen molar-refractivity contribution in [2.45, 2.75) is 0 Å². The molecule has 2 aromatic rings. The molecule has 1 aromatic carbocycles. The van der Waals surface area contributed by atoms with Gasteiger partial charge in [-0.3, -0.25) is 0 Å². The first kappa shape index (κ1) is 14.1. The van der Waals surface area contributed by atoms with E-state index in [1.165, 1.54) is 17.4 Å². The second-order valence-corrected chi connectivity index (χ2v) is 5.01. The first-order valence-electron chi connectivity index (χ1n) is 5.38. The van der Waals surface area contributed by atoms with E-state index in [0.29, 0.717) is 16.3 Å². The monoisotopic (exact) mass is 307 g/mol. The summed E-state index contributed by atoms with van der Waals surface area (Å²) in [6.07, 6.45) is 0. The predicted molar refractivity (Wildman–Crippen MR) is 78.3 cm³/mol. The van der Waals surface area contributed by atoms with Crippen LogP contribution in [0.3, 0.4) is 0 Å². The molecule has 0 aliphatic carbocycles. The van der Waals surface area contributed by atoms with E-state index in [4.69, 9.17) is 28.4 Å². The van der Waals surface area contributed by atoms with Crippen LogP contribution in [0.5, 0.6) is 5.75 Å². The van der Waals surface area contributed by atoms with E-state index in [-0.39, 0.29) is 22.2 Å². The number of hydrogen-bond acceptors (Lipinski definition) is 7. The summed E-state index contributed by atoms with van der Waals surface area (Å²) in [6, 6.07) is 6.66. The molecule has 0 bridgehead atoms. The number of aromatic nitrogens is 1. The number of hydrazine groups is 1. The number of halogens is 1. The van der Waals surface area contributed by atoms with E-state index in [1.807, 2.05) is 6.07 Å². The summed E-state index contributed by atoms with van der Waals surface area (Å²) in [4.78, 5) is 4.30. The van der Waals surface area contributed by atoms with E-state index in [2.05, 4.69) is 10.4 Å². The van der Waals surface area contributed by atoms with E-state index < -0.39 is 0 Å². The second-order valence-electron chi connectivity index (χ2n) is 3.75. The topological polar surface area (TPSA) is 121 Å². The molecule has 6 nitrogen and oxygen atoms in total. The van der Waals surface area contributed by atoms with Gasteiger partial charge in [0.1, 0.15) is 22.5 Å². The summed E-state index contributed by atoms with van der Waals surface area (Å²) in [5, 5.41) is 21.0. The molecule has 0 saturated heterocycles. The van der Waals surface area contributed by atoms with Crippen LogP contribution in [0.4, 0.5) is 0 Å². The van der Waals surface area contributed by atoms with Crippen molar-refractivity contribution in [3.63, 3.8) is 0 Å². The van der Waals surface area contributed by atoms with Gasteiger partial charge >= 0.3 is 0 Å². The molecule has 0 aliphatic heterocycles. The lowest BCUT2D eigenvalue weighted by Crippen LogP contribution is -2.23. The minimum absolute atomic E-state index is 0.0224. The highest BCUT2D eigenvalue weighted by Crippen LogP contribution is 2.31. The smallest absolute Gasteiger partial charge is 0.153 e. The first-order valence-corrected chi connectivity index (χ1v) is 6.63. The summed E-state index contributed by atoms with van der Waals surface area (Å²) in [7, 11) is 0. The van der Waals surface area contributed by atoms with Gasteiger partial charge in [-0.2, -0.15) is 5.26 Å². The van der Waals surface area contributed by atoms with Gasteiger partial charge in [0, 0.05) is 10.9 Å². The van der Waals surface area contributed by atoms with Crippen LogP contribution in [0.1, 0.15) is 5.69 Å². The number of phenols is 1. The Morgan fingerprint density at radius 1 is 1.50 bits per heavy atom. The molecule has 0 radical (unpaired) electrons. The molecule has 0 amide bonds. The third kappa shape index (κ3) is 2.67. The van der Waals surface area contributed by atoms with Gasteiger partial charge in [-0.25, -0.2) is 10.8 Å². The maximum absolute atomic E-state index is 9.58.